The molecule has 1 fully saturated rings. The number of amides is 3. The third kappa shape index (κ3) is 5.92. The van der Waals surface area contributed by atoms with Gasteiger partial charge in [0.15, 0.2) is 0 Å². The molecule has 0 radical (unpaired) electrons. The topological polar surface area (TPSA) is 149 Å². The highest BCUT2D eigenvalue weighted by atomic mass is 79.9. The van der Waals surface area contributed by atoms with E-state index in [1.807, 2.05) is 0 Å². The first-order valence-electron chi connectivity index (χ1n) is 13.3. The largest absolute Gasteiger partial charge is 0.416 e. The number of anilines is 2. The van der Waals surface area contributed by atoms with E-state index in [1.54, 1.807) is 24.3 Å². The van der Waals surface area contributed by atoms with Crippen LogP contribution in [0, 0.1) is 5.92 Å². The van der Waals surface area contributed by atoms with Gasteiger partial charge in [-0.25, -0.2) is 18.5 Å². The summed E-state index contributed by atoms with van der Waals surface area (Å²) in [6.45, 7) is -0.476. The maximum absolute atomic E-state index is 14.0. The number of hydrogen-bond donors (Lipinski definition) is 2. The molecule has 0 saturated carbocycles. The Kier molecular flexibility index (Phi) is 8.25. The molecule has 1 saturated heterocycles. The zero-order chi connectivity index (χ0) is 33.1. The molecular weight excluding hydrogens is 733 g/mol. The fourth-order valence-corrected chi connectivity index (χ4v) is 9.17. The van der Waals surface area contributed by atoms with Crippen LogP contribution in [0.3, 0.4) is 0 Å². The van der Waals surface area contributed by atoms with E-state index >= 15 is 0 Å². The Morgan fingerprint density at radius 3 is 2.33 bits per heavy atom. The lowest BCUT2D eigenvalue weighted by atomic mass is 9.83. The van der Waals surface area contributed by atoms with Crippen molar-refractivity contribution in [2.75, 3.05) is 10.2 Å². The molecule has 6 rings (SSSR count). The number of fused-ring (bicyclic) bond motifs is 2. The number of carbonyl (C=O) groups is 3. The number of nitrogens with zero attached hydrogens (tertiary/aromatic N) is 2. The quantitative estimate of drug-likeness (QED) is 0.270. The SMILES string of the molecule is NS(=O)(=O)c1ccc(NC(=O)Cn2c3c(sc2=O)[C@H](c2cccc(Br)c2)C2C(=O)N(c4cccc(C(F)(F)F)c4)C(=O)C2S3)cc1. The highest BCUT2D eigenvalue weighted by Gasteiger charge is 2.57. The number of halogens is 4. The van der Waals surface area contributed by atoms with Gasteiger partial charge >= 0.3 is 11.0 Å². The molecule has 0 aliphatic carbocycles. The number of aromatic nitrogens is 1. The van der Waals surface area contributed by atoms with E-state index in [2.05, 4.69) is 21.2 Å². The zero-order valence-corrected chi connectivity index (χ0v) is 27.1. The molecular formula is C29H20BrF3N4O6S3. The molecule has 2 unspecified atom stereocenters. The van der Waals surface area contributed by atoms with Crippen molar-refractivity contribution in [2.45, 2.75) is 33.8 Å². The summed E-state index contributed by atoms with van der Waals surface area (Å²) >= 11 is 5.14. The van der Waals surface area contributed by atoms with Crippen LogP contribution in [0.5, 0.6) is 0 Å². The van der Waals surface area contributed by atoms with E-state index < -0.39 is 68.0 Å². The maximum atomic E-state index is 14.0. The standard InChI is InChI=1S/C29H20BrF3N4O6S3/c30-16-5-1-3-14(11-16)21-22-23(26(40)37(25(22)39)18-6-2-4-15(12-18)29(31,32)33)44-27-24(21)45-28(41)36(27)13-20(38)35-17-7-9-19(10-8-17)46(34,42)43/h1-12,21-23H,13H2,(H,35,38)(H2,34,42,43)/t21-,22?,23?/m1/s1. The minimum absolute atomic E-state index is 0.159. The van der Waals surface area contributed by atoms with Gasteiger partial charge in [0.1, 0.15) is 11.8 Å². The van der Waals surface area contributed by atoms with Crippen molar-refractivity contribution in [2.24, 2.45) is 11.1 Å². The Labute approximate surface area is 275 Å². The van der Waals surface area contributed by atoms with Crippen LogP contribution in [-0.4, -0.2) is 36.0 Å². The van der Waals surface area contributed by atoms with Gasteiger partial charge in [0.2, 0.25) is 27.7 Å². The van der Waals surface area contributed by atoms with Crippen molar-refractivity contribution in [3.63, 3.8) is 0 Å². The van der Waals surface area contributed by atoms with Crippen molar-refractivity contribution in [3.8, 4) is 0 Å². The predicted octanol–water partition coefficient (Wildman–Crippen LogP) is 4.77. The molecule has 3 amide bonds. The highest BCUT2D eigenvalue weighted by Crippen LogP contribution is 2.54. The number of nitrogens with two attached hydrogens (primary N) is 1. The number of primary sulfonamides is 1. The van der Waals surface area contributed by atoms with Gasteiger partial charge in [-0.15, -0.1) is 0 Å². The summed E-state index contributed by atoms with van der Waals surface area (Å²) in [4.78, 5) is 54.6. The molecule has 3 N–H and O–H groups in total. The number of nitrogens with one attached hydrogen (secondary N) is 1. The second kappa shape index (κ2) is 11.8. The number of alkyl halides is 3. The Morgan fingerprint density at radius 2 is 1.67 bits per heavy atom. The number of carbonyl (C=O) groups excluding carboxylic acids is 3. The third-order valence-corrected chi connectivity index (χ3v) is 11.5. The van der Waals surface area contributed by atoms with Gasteiger partial charge < -0.3 is 5.32 Å². The molecule has 2 aliphatic heterocycles. The normalized spacial score (nSPS) is 19.6. The van der Waals surface area contributed by atoms with Gasteiger partial charge in [0.05, 0.1) is 27.1 Å². The Bertz CT molecular complexity index is 2080. The molecule has 3 heterocycles. The van der Waals surface area contributed by atoms with E-state index in [1.165, 1.54) is 34.9 Å². The van der Waals surface area contributed by atoms with E-state index in [4.69, 9.17) is 5.14 Å². The summed E-state index contributed by atoms with van der Waals surface area (Å²) in [5.74, 6) is -3.95. The average Bonchev–Trinajstić information content (AvgIpc) is 3.42. The lowest BCUT2D eigenvalue weighted by Gasteiger charge is -2.30. The number of rotatable bonds is 6. The summed E-state index contributed by atoms with van der Waals surface area (Å²) in [7, 11) is -3.95. The van der Waals surface area contributed by atoms with Crippen molar-refractivity contribution < 1.29 is 36.0 Å². The number of benzene rings is 3. The fourth-order valence-electron chi connectivity index (χ4n) is 5.46. The third-order valence-electron chi connectivity index (χ3n) is 7.46. The number of thiazole rings is 1. The lowest BCUT2D eigenvalue weighted by molar-refractivity contribution is -0.137. The van der Waals surface area contributed by atoms with Gasteiger partial charge in [0.25, 0.3) is 0 Å². The molecule has 1 aromatic heterocycles. The van der Waals surface area contributed by atoms with Crippen molar-refractivity contribution in [1.82, 2.24) is 4.57 Å². The van der Waals surface area contributed by atoms with Gasteiger partial charge in [-0.3, -0.25) is 23.7 Å². The molecule has 46 heavy (non-hydrogen) atoms. The van der Waals surface area contributed by atoms with Crippen LogP contribution in [0.25, 0.3) is 0 Å². The van der Waals surface area contributed by atoms with Gasteiger partial charge in [0, 0.05) is 21.0 Å². The van der Waals surface area contributed by atoms with Crippen LogP contribution in [0.15, 0.2) is 92.0 Å². The van der Waals surface area contributed by atoms with Crippen LogP contribution in [0.2, 0.25) is 0 Å². The number of thioether (sulfide) groups is 1. The maximum Gasteiger partial charge on any atom is 0.416 e. The molecule has 0 bridgehead atoms. The minimum Gasteiger partial charge on any atom is -0.325 e. The van der Waals surface area contributed by atoms with Gasteiger partial charge in [-0.05, 0) is 60.2 Å². The van der Waals surface area contributed by atoms with Gasteiger partial charge in [-0.1, -0.05) is 57.2 Å². The monoisotopic (exact) mass is 752 g/mol. The molecule has 238 valence electrons. The molecule has 2 aliphatic rings. The predicted molar refractivity (Wildman–Crippen MR) is 168 cm³/mol. The Morgan fingerprint density at radius 1 is 0.978 bits per heavy atom. The summed E-state index contributed by atoms with van der Waals surface area (Å²) in [6, 6.07) is 16.0. The smallest absolute Gasteiger partial charge is 0.325 e. The number of sulfonamides is 1. The minimum atomic E-state index is -4.70. The summed E-state index contributed by atoms with van der Waals surface area (Å²) in [6.07, 6.45) is -4.70. The van der Waals surface area contributed by atoms with Crippen molar-refractivity contribution in [3.05, 3.63) is 103 Å². The molecule has 0 spiro atoms. The molecule has 4 aromatic rings. The van der Waals surface area contributed by atoms with Crippen LogP contribution >= 0.6 is 39.0 Å². The molecule has 3 aromatic carbocycles. The summed E-state index contributed by atoms with van der Waals surface area (Å²) in [5.41, 5.74) is -0.412. The number of imide groups is 1. The second-order valence-corrected chi connectivity index (χ2v) is 15.0. The second-order valence-electron chi connectivity index (χ2n) is 10.4. The molecule has 17 heteroatoms. The first kappa shape index (κ1) is 32.2. The van der Waals surface area contributed by atoms with Crippen LogP contribution in [-0.2, 0) is 37.1 Å². The fraction of sp³-hybridized carbons (Fsp3) is 0.172. The zero-order valence-electron chi connectivity index (χ0n) is 23.0. The van der Waals surface area contributed by atoms with Crippen molar-refractivity contribution in [1.29, 1.82) is 0 Å². The number of hydrogen-bond acceptors (Lipinski definition) is 8. The lowest BCUT2D eigenvalue weighted by Crippen LogP contribution is -2.33. The van der Waals surface area contributed by atoms with E-state index in [9.17, 15) is 40.8 Å². The van der Waals surface area contributed by atoms with E-state index in [-0.39, 0.29) is 21.3 Å². The van der Waals surface area contributed by atoms with E-state index in [0.29, 0.717) is 14.9 Å². The van der Waals surface area contributed by atoms with Crippen LogP contribution < -0.4 is 20.2 Å². The first-order valence-corrected chi connectivity index (χ1v) is 17.3. The highest BCUT2D eigenvalue weighted by molar-refractivity contribution is 9.10. The first-order chi connectivity index (χ1) is 21.6. The van der Waals surface area contributed by atoms with Crippen LogP contribution in [0.1, 0.15) is 21.9 Å². The Balaban J connectivity index is 1.37. The Hall–Kier alpha value is -3.77. The summed E-state index contributed by atoms with van der Waals surface area (Å²) in [5, 5.41) is 6.88. The summed E-state index contributed by atoms with van der Waals surface area (Å²) < 4.78 is 65.4. The van der Waals surface area contributed by atoms with E-state index in [0.717, 1.165) is 46.2 Å². The van der Waals surface area contributed by atoms with Crippen molar-refractivity contribution >= 4 is 78.1 Å². The molecule has 10 nitrogen and oxygen atoms in total. The average molecular weight is 754 g/mol. The van der Waals surface area contributed by atoms with Gasteiger partial charge in [-0.2, -0.15) is 13.2 Å². The molecule has 3 atom stereocenters. The van der Waals surface area contributed by atoms with Crippen LogP contribution in [0.4, 0.5) is 24.5 Å².